The molecule has 0 aliphatic rings. The molecule has 0 N–H and O–H groups in total. The fourth-order valence-corrected chi connectivity index (χ4v) is 20.7. The van der Waals surface area contributed by atoms with Gasteiger partial charge in [-0.2, -0.15) is 0 Å². The van der Waals surface area contributed by atoms with E-state index < -0.39 is 0 Å². The molecule has 0 aliphatic heterocycles. The molecule has 0 atom stereocenters. The van der Waals surface area contributed by atoms with E-state index in [0.717, 1.165) is 111 Å². The molecular weight excluding hydrogens is 1760 g/mol. The maximum absolute atomic E-state index is 5.10. The van der Waals surface area contributed by atoms with Gasteiger partial charge in [0.1, 0.15) is 11.6 Å². The van der Waals surface area contributed by atoms with Gasteiger partial charge in [0.2, 0.25) is 0 Å². The van der Waals surface area contributed by atoms with Gasteiger partial charge >= 0.3 is 0 Å². The Morgan fingerprint density at radius 1 is 0.132 bits per heavy atom. The van der Waals surface area contributed by atoms with Gasteiger partial charge < -0.3 is 9.13 Å². The molecule has 0 fully saturated rings. The first kappa shape index (κ1) is 83.6. The minimum absolute atomic E-state index is 0.577. The topological polar surface area (TPSA) is 162 Å². The van der Waals surface area contributed by atoms with Gasteiger partial charge in [-0.15, -0.1) is 0 Å². The van der Waals surface area contributed by atoms with Crippen LogP contribution in [0.5, 0.6) is 0 Å². The van der Waals surface area contributed by atoms with Crippen LogP contribution in [0.2, 0.25) is 0 Å². The summed E-state index contributed by atoms with van der Waals surface area (Å²) in [6.07, 6.45) is 3.74. The van der Waals surface area contributed by atoms with Crippen LogP contribution in [0.1, 0.15) is 0 Å². The number of nitrogens with zero attached hydrogens (tertiary/aromatic N) is 15. The number of rotatable bonds is 13. The Morgan fingerprint density at radius 2 is 0.410 bits per heavy atom. The van der Waals surface area contributed by atoms with E-state index in [9.17, 15) is 0 Å². The van der Waals surface area contributed by atoms with Crippen molar-refractivity contribution < 1.29 is 0 Å². The first-order valence-electron chi connectivity index (χ1n) is 48.2. The van der Waals surface area contributed by atoms with Crippen molar-refractivity contribution in [3.8, 4) is 126 Å². The number of hydrogen-bond acceptors (Lipinski definition) is 11. The number of aromatic nitrogens is 15. The van der Waals surface area contributed by atoms with Crippen molar-refractivity contribution in [1.82, 2.24) is 73.1 Å². The van der Waals surface area contributed by atoms with Crippen molar-refractivity contribution in [3.05, 3.63) is 492 Å². The summed E-state index contributed by atoms with van der Waals surface area (Å²) >= 11 is 0. The molecule has 144 heavy (non-hydrogen) atoms. The van der Waals surface area contributed by atoms with Crippen LogP contribution in [0.4, 0.5) is 0 Å². The monoisotopic (exact) mass is 1840 g/mol. The van der Waals surface area contributed by atoms with E-state index in [4.69, 9.17) is 54.8 Å². The maximum atomic E-state index is 5.10. The molecule has 0 saturated heterocycles. The van der Waals surface area contributed by atoms with Gasteiger partial charge in [-0.1, -0.05) is 370 Å². The number of fused-ring (bicyclic) bond motifs is 20. The Balaban J connectivity index is 0.000000108. The molecule has 15 heteroatoms. The normalized spacial score (nSPS) is 11.6. The fourth-order valence-electron chi connectivity index (χ4n) is 20.7. The molecule has 0 saturated carbocycles. The summed E-state index contributed by atoms with van der Waals surface area (Å²) in [7, 11) is 0. The molecule has 0 amide bonds. The van der Waals surface area contributed by atoms with Crippen LogP contribution in [-0.4, -0.2) is 73.1 Å². The smallest absolute Gasteiger partial charge is 0.165 e. The van der Waals surface area contributed by atoms with Crippen molar-refractivity contribution >= 4 is 141 Å². The van der Waals surface area contributed by atoms with Crippen LogP contribution in [0.25, 0.3) is 267 Å². The Kier molecular flexibility index (Phi) is 20.5. The average molecular weight is 1840 g/mol. The van der Waals surface area contributed by atoms with Crippen LogP contribution in [0, 0.1) is 0 Å². The summed E-state index contributed by atoms with van der Waals surface area (Å²) in [4.78, 5) is 54.7. The van der Waals surface area contributed by atoms with E-state index in [0.29, 0.717) is 52.4 Å². The van der Waals surface area contributed by atoms with Gasteiger partial charge in [-0.25, -0.2) is 54.8 Å². The summed E-state index contributed by atoms with van der Waals surface area (Å²) < 4.78 is 9.25. The SMILES string of the molecule is c1ccc(-c2nc(-c3ccc(-n4c5ccccc5c5c6ccccc6ccc54)nc3)nc(-c3ccc4ccccc4c3)n2)cc1.c1ccc(-c2nc(-c3cccc(-n4c5ccc6ccccc6c5c5c6ccccc6ccc54)c3)nc(-c3ccc4ccccc4c3)n2)cc1.c1ccc(-c2nc(-c3ccccc3)nc(-c3ccc(-n4c5ccccc5c5cc6c7ccccc7n(-c7ccccc7)c6cc54)nc3)n2)cc1. The van der Waals surface area contributed by atoms with Gasteiger partial charge in [0.25, 0.3) is 0 Å². The highest BCUT2D eigenvalue weighted by atomic mass is 15.1. The van der Waals surface area contributed by atoms with Crippen LogP contribution >= 0.6 is 0 Å². The first-order valence-corrected chi connectivity index (χ1v) is 48.2. The summed E-state index contributed by atoms with van der Waals surface area (Å²) in [5.41, 5.74) is 19.5. The van der Waals surface area contributed by atoms with E-state index in [1.807, 2.05) is 140 Å². The largest absolute Gasteiger partial charge is 0.309 e. The minimum Gasteiger partial charge on any atom is -0.309 e. The Morgan fingerprint density at radius 3 is 0.826 bits per heavy atom. The third-order valence-electron chi connectivity index (χ3n) is 27.5. The zero-order valence-corrected chi connectivity index (χ0v) is 77.5. The highest BCUT2D eigenvalue weighted by Crippen LogP contribution is 2.45. The molecule has 29 rings (SSSR count). The molecule has 9 heterocycles. The summed E-state index contributed by atoms with van der Waals surface area (Å²) in [5.74, 6) is 7.25. The van der Waals surface area contributed by atoms with Crippen LogP contribution in [0.15, 0.2) is 492 Å². The van der Waals surface area contributed by atoms with Gasteiger partial charge in [0.15, 0.2) is 52.4 Å². The predicted molar refractivity (Wildman–Crippen MR) is 589 cm³/mol. The average Bonchev–Trinajstić information content (AvgIpc) is 1.56. The number of benzene rings is 20. The maximum Gasteiger partial charge on any atom is 0.165 e. The lowest BCUT2D eigenvalue weighted by Gasteiger charge is -2.12. The summed E-state index contributed by atoms with van der Waals surface area (Å²) in [5, 5.41) is 21.9. The quantitative estimate of drug-likeness (QED) is 0.108. The van der Waals surface area contributed by atoms with Crippen molar-refractivity contribution in [1.29, 1.82) is 0 Å². The molecular formula is C129H81N15. The van der Waals surface area contributed by atoms with Gasteiger partial charge in [-0.05, 0) is 163 Å². The molecule has 0 radical (unpaired) electrons. The van der Waals surface area contributed by atoms with E-state index in [1.54, 1.807) is 0 Å². The summed E-state index contributed by atoms with van der Waals surface area (Å²) in [6.45, 7) is 0. The summed E-state index contributed by atoms with van der Waals surface area (Å²) in [6, 6.07) is 167. The second kappa shape index (κ2) is 35.3. The number of para-hydroxylation sites is 4. The Bertz CT molecular complexity index is 9940. The first-order chi connectivity index (χ1) is 71.4. The van der Waals surface area contributed by atoms with E-state index in [1.165, 1.54) is 103 Å². The molecule has 9 aromatic heterocycles. The van der Waals surface area contributed by atoms with Crippen LogP contribution in [0.3, 0.4) is 0 Å². The van der Waals surface area contributed by atoms with E-state index >= 15 is 0 Å². The Hall–Kier alpha value is -19.8. The van der Waals surface area contributed by atoms with E-state index in [2.05, 4.69) is 370 Å². The zero-order chi connectivity index (χ0) is 95.1. The standard InChI is InChI=1S/C45H28N4.C44H28N6.C40H25N5/c1-2-14-32(15-3-1)43-46-44(48-45(47-43)35-22-21-29-11-4-5-16-33(29)27-35)34-17-10-18-36(28-34)49-39-25-23-30-12-6-8-19-37(30)41(39)42-38-20-9-7-13-31(38)24-26-40(42)49;1-4-14-29(15-5-1)42-46-43(30-16-6-2-7-17-30)48-44(47-42)31-24-25-41(45-28-31)50-38-23-13-11-21-34(38)36-26-35-33-20-10-12-22-37(33)49(39(35)27-40(36)50)32-18-8-3-9-19-32;1-2-12-28(13-3-1)38-42-39(30-19-18-26-10-4-5-14-29(26)24-30)44-40(43-38)31-21-23-36(41-25-31)45-34-17-9-8-16-33(34)37-32-15-7-6-11-27(32)20-22-35(37)45/h1-28H;1-28H;1-25H. The van der Waals surface area contributed by atoms with Gasteiger partial charge in [0, 0.05) is 117 Å². The molecule has 20 aromatic carbocycles. The number of pyridine rings is 2. The molecule has 0 bridgehead atoms. The second-order valence-electron chi connectivity index (χ2n) is 36.0. The van der Waals surface area contributed by atoms with Gasteiger partial charge in [0.05, 0.1) is 44.1 Å². The third kappa shape index (κ3) is 14.9. The molecule has 29 aromatic rings. The highest BCUT2D eigenvalue weighted by Gasteiger charge is 2.26. The van der Waals surface area contributed by atoms with Crippen LogP contribution in [-0.2, 0) is 0 Å². The molecule has 0 spiro atoms. The third-order valence-corrected chi connectivity index (χ3v) is 27.5. The lowest BCUT2D eigenvalue weighted by Crippen LogP contribution is -2.01. The molecule has 0 aliphatic carbocycles. The predicted octanol–water partition coefficient (Wildman–Crippen LogP) is 31.6. The highest BCUT2D eigenvalue weighted by molar-refractivity contribution is 6.29. The van der Waals surface area contributed by atoms with Crippen molar-refractivity contribution in [2.45, 2.75) is 0 Å². The van der Waals surface area contributed by atoms with Crippen LogP contribution < -0.4 is 0 Å². The zero-order valence-electron chi connectivity index (χ0n) is 77.5. The fraction of sp³-hybridized carbons (Fsp3) is 0. The minimum atomic E-state index is 0.577. The molecule has 15 nitrogen and oxygen atoms in total. The van der Waals surface area contributed by atoms with Crippen molar-refractivity contribution in [2.75, 3.05) is 0 Å². The van der Waals surface area contributed by atoms with Gasteiger partial charge in [-0.3, -0.25) is 9.13 Å². The second-order valence-corrected chi connectivity index (χ2v) is 36.0. The lowest BCUT2D eigenvalue weighted by atomic mass is 10.00. The van der Waals surface area contributed by atoms with Crippen molar-refractivity contribution in [2.24, 2.45) is 0 Å². The molecule has 0 unspecified atom stereocenters. The lowest BCUT2D eigenvalue weighted by molar-refractivity contribution is 1.05. The van der Waals surface area contributed by atoms with E-state index in [-0.39, 0.29) is 0 Å². The molecule has 672 valence electrons. The Labute approximate surface area is 825 Å². The number of hydrogen-bond donors (Lipinski definition) is 0. The van der Waals surface area contributed by atoms with Crippen molar-refractivity contribution in [3.63, 3.8) is 0 Å².